The highest BCUT2D eigenvalue weighted by Crippen LogP contribution is 2.28. The Hall–Kier alpha value is -0.870. The lowest BCUT2D eigenvalue weighted by molar-refractivity contribution is -0.142. The zero-order chi connectivity index (χ0) is 13.3. The van der Waals surface area contributed by atoms with Crippen molar-refractivity contribution >= 4 is 21.9 Å². The van der Waals surface area contributed by atoms with Crippen LogP contribution < -0.4 is 0 Å². The molecule has 0 spiro atoms. The first-order valence-electron chi connectivity index (χ1n) is 6.21. The molecular formula is C14H18BrNO2. The van der Waals surface area contributed by atoms with E-state index in [2.05, 4.69) is 46.0 Å². The summed E-state index contributed by atoms with van der Waals surface area (Å²) >= 11 is 3.58. The predicted octanol–water partition coefficient (Wildman–Crippen LogP) is 3.05. The van der Waals surface area contributed by atoms with Crippen molar-refractivity contribution in [2.24, 2.45) is 5.92 Å². The number of hydrogen-bond acceptors (Lipinski definition) is 2. The first kappa shape index (κ1) is 13.6. The summed E-state index contributed by atoms with van der Waals surface area (Å²) in [6, 6.07) is 6.41. The Balaban J connectivity index is 2.09. The summed E-state index contributed by atoms with van der Waals surface area (Å²) in [5.74, 6) is -0.901. The number of carboxylic acids is 1. The third kappa shape index (κ3) is 2.75. The third-order valence-electron chi connectivity index (χ3n) is 3.78. The number of aryl methyl sites for hydroxylation is 1. The van der Waals surface area contributed by atoms with Crippen LogP contribution in [-0.2, 0) is 11.3 Å². The maximum atomic E-state index is 11.1. The van der Waals surface area contributed by atoms with Gasteiger partial charge in [-0.15, -0.1) is 0 Å². The molecule has 1 N–H and O–H groups in total. The van der Waals surface area contributed by atoms with Crippen LogP contribution in [0.25, 0.3) is 0 Å². The lowest BCUT2D eigenvalue weighted by Crippen LogP contribution is -2.32. The Bertz CT molecular complexity index is 461. The van der Waals surface area contributed by atoms with Gasteiger partial charge in [0, 0.05) is 17.1 Å². The van der Waals surface area contributed by atoms with Crippen LogP contribution in [-0.4, -0.2) is 28.6 Å². The number of nitrogens with zero attached hydrogens (tertiary/aromatic N) is 1. The zero-order valence-electron chi connectivity index (χ0n) is 10.7. The molecular weight excluding hydrogens is 294 g/mol. The van der Waals surface area contributed by atoms with Crippen LogP contribution in [0.2, 0.25) is 0 Å². The zero-order valence-corrected chi connectivity index (χ0v) is 12.3. The van der Waals surface area contributed by atoms with Crippen molar-refractivity contribution in [3.8, 4) is 0 Å². The Morgan fingerprint density at radius 1 is 1.56 bits per heavy atom. The first-order valence-corrected chi connectivity index (χ1v) is 7.00. The molecule has 0 saturated carbocycles. The maximum absolute atomic E-state index is 11.1. The second kappa shape index (κ2) is 5.41. The number of likely N-dealkylation sites (tertiary alicyclic amines) is 1. The minimum Gasteiger partial charge on any atom is -0.481 e. The van der Waals surface area contributed by atoms with Gasteiger partial charge in [0.25, 0.3) is 0 Å². The number of carbonyl (C=O) groups is 1. The fourth-order valence-electron chi connectivity index (χ4n) is 2.56. The summed E-state index contributed by atoms with van der Waals surface area (Å²) in [7, 11) is 0. The molecule has 0 bridgehead atoms. The quantitative estimate of drug-likeness (QED) is 0.932. The Kier molecular flexibility index (Phi) is 4.07. The number of carboxylic acid groups (broad SMARTS) is 1. The summed E-state index contributed by atoms with van der Waals surface area (Å²) in [6.07, 6.45) is 0.750. The van der Waals surface area contributed by atoms with Crippen LogP contribution in [0.4, 0.5) is 0 Å². The Morgan fingerprint density at radius 2 is 2.28 bits per heavy atom. The standard InChI is InChI=1S/C14H18BrNO2/c1-9-3-4-11(13(15)7-9)8-16-6-5-12(10(16)2)14(17)18/h3-4,7,10,12H,5-6,8H2,1-2H3,(H,17,18). The largest absolute Gasteiger partial charge is 0.481 e. The minimum absolute atomic E-state index is 0.107. The van der Waals surface area contributed by atoms with Crippen molar-refractivity contribution in [2.45, 2.75) is 32.9 Å². The van der Waals surface area contributed by atoms with E-state index < -0.39 is 5.97 Å². The van der Waals surface area contributed by atoms with Crippen LogP contribution in [0.5, 0.6) is 0 Å². The van der Waals surface area contributed by atoms with E-state index in [4.69, 9.17) is 5.11 Å². The van der Waals surface area contributed by atoms with Gasteiger partial charge < -0.3 is 5.11 Å². The van der Waals surface area contributed by atoms with Crippen LogP contribution in [0.15, 0.2) is 22.7 Å². The summed E-state index contributed by atoms with van der Waals surface area (Å²) in [6.45, 7) is 5.74. The van der Waals surface area contributed by atoms with E-state index in [9.17, 15) is 4.79 Å². The molecule has 1 fully saturated rings. The molecule has 18 heavy (non-hydrogen) atoms. The number of rotatable bonds is 3. The van der Waals surface area contributed by atoms with Gasteiger partial charge in [-0.25, -0.2) is 0 Å². The molecule has 1 aromatic carbocycles. The van der Waals surface area contributed by atoms with E-state index in [-0.39, 0.29) is 12.0 Å². The second-order valence-electron chi connectivity index (χ2n) is 5.04. The fraction of sp³-hybridized carbons (Fsp3) is 0.500. The van der Waals surface area contributed by atoms with E-state index >= 15 is 0 Å². The Morgan fingerprint density at radius 3 is 2.83 bits per heavy atom. The average molecular weight is 312 g/mol. The number of halogens is 1. The molecule has 2 rings (SSSR count). The lowest BCUT2D eigenvalue weighted by atomic mass is 10.0. The van der Waals surface area contributed by atoms with Crippen molar-refractivity contribution in [1.29, 1.82) is 0 Å². The van der Waals surface area contributed by atoms with Crippen LogP contribution in [0.1, 0.15) is 24.5 Å². The van der Waals surface area contributed by atoms with E-state index in [1.54, 1.807) is 0 Å². The molecule has 3 nitrogen and oxygen atoms in total. The highest BCUT2D eigenvalue weighted by Gasteiger charge is 2.35. The molecule has 4 heteroatoms. The summed E-state index contributed by atoms with van der Waals surface area (Å²) in [5, 5.41) is 9.12. The number of benzene rings is 1. The summed E-state index contributed by atoms with van der Waals surface area (Å²) in [4.78, 5) is 13.3. The smallest absolute Gasteiger partial charge is 0.308 e. The molecule has 98 valence electrons. The monoisotopic (exact) mass is 311 g/mol. The number of aliphatic carboxylic acids is 1. The molecule has 2 unspecified atom stereocenters. The Labute approximate surface area is 116 Å². The molecule has 2 atom stereocenters. The van der Waals surface area contributed by atoms with Crippen LogP contribution >= 0.6 is 15.9 Å². The second-order valence-corrected chi connectivity index (χ2v) is 5.89. The SMILES string of the molecule is Cc1ccc(CN2CCC(C(=O)O)C2C)c(Br)c1. The van der Waals surface area contributed by atoms with Crippen molar-refractivity contribution in [3.05, 3.63) is 33.8 Å². The minimum atomic E-state index is -0.673. The fourth-order valence-corrected chi connectivity index (χ4v) is 3.18. The van der Waals surface area contributed by atoms with E-state index in [1.807, 2.05) is 6.92 Å². The van der Waals surface area contributed by atoms with Crippen molar-refractivity contribution < 1.29 is 9.90 Å². The highest BCUT2D eigenvalue weighted by molar-refractivity contribution is 9.10. The number of hydrogen-bond donors (Lipinski definition) is 1. The van der Waals surface area contributed by atoms with Gasteiger partial charge in [0.1, 0.15) is 0 Å². The molecule has 0 aromatic heterocycles. The lowest BCUT2D eigenvalue weighted by Gasteiger charge is -2.23. The molecule has 1 aliphatic heterocycles. The van der Waals surface area contributed by atoms with Gasteiger partial charge in [-0.3, -0.25) is 9.69 Å². The average Bonchev–Trinajstić information content (AvgIpc) is 2.64. The van der Waals surface area contributed by atoms with Gasteiger partial charge in [0.05, 0.1) is 5.92 Å². The van der Waals surface area contributed by atoms with Crippen molar-refractivity contribution in [1.82, 2.24) is 4.90 Å². The van der Waals surface area contributed by atoms with E-state index in [0.717, 1.165) is 24.0 Å². The van der Waals surface area contributed by atoms with Gasteiger partial charge in [0.15, 0.2) is 0 Å². The highest BCUT2D eigenvalue weighted by atomic mass is 79.9. The van der Waals surface area contributed by atoms with Gasteiger partial charge in [-0.2, -0.15) is 0 Å². The summed E-state index contributed by atoms with van der Waals surface area (Å²) in [5.41, 5.74) is 2.45. The molecule has 0 radical (unpaired) electrons. The van der Waals surface area contributed by atoms with Gasteiger partial charge in [0.2, 0.25) is 0 Å². The van der Waals surface area contributed by atoms with Crippen LogP contribution in [0.3, 0.4) is 0 Å². The molecule has 0 amide bonds. The van der Waals surface area contributed by atoms with Gasteiger partial charge >= 0.3 is 5.97 Å². The normalized spacial score (nSPS) is 24.4. The summed E-state index contributed by atoms with van der Waals surface area (Å²) < 4.78 is 1.11. The van der Waals surface area contributed by atoms with Crippen molar-refractivity contribution in [3.63, 3.8) is 0 Å². The molecule has 1 aliphatic rings. The van der Waals surface area contributed by atoms with Gasteiger partial charge in [-0.05, 0) is 44.0 Å². The first-order chi connectivity index (χ1) is 8.49. The maximum Gasteiger partial charge on any atom is 0.308 e. The van der Waals surface area contributed by atoms with E-state index in [1.165, 1.54) is 11.1 Å². The molecule has 1 saturated heterocycles. The van der Waals surface area contributed by atoms with Gasteiger partial charge in [-0.1, -0.05) is 28.1 Å². The molecule has 0 aliphatic carbocycles. The molecule has 1 heterocycles. The van der Waals surface area contributed by atoms with Crippen molar-refractivity contribution in [2.75, 3.05) is 6.54 Å². The third-order valence-corrected chi connectivity index (χ3v) is 4.52. The topological polar surface area (TPSA) is 40.5 Å². The predicted molar refractivity (Wildman–Crippen MR) is 74.5 cm³/mol. The molecule has 1 aromatic rings. The van der Waals surface area contributed by atoms with E-state index in [0.29, 0.717) is 0 Å². The van der Waals surface area contributed by atoms with Crippen LogP contribution in [0, 0.1) is 12.8 Å².